The molecule has 0 saturated heterocycles. The molecule has 8 nitrogen and oxygen atoms in total. The van der Waals surface area contributed by atoms with Crippen molar-refractivity contribution in [2.75, 3.05) is 27.3 Å². The van der Waals surface area contributed by atoms with E-state index in [0.717, 1.165) is 11.1 Å². The highest BCUT2D eigenvalue weighted by Crippen LogP contribution is 2.29. The highest BCUT2D eigenvalue weighted by molar-refractivity contribution is 6.30. The van der Waals surface area contributed by atoms with Crippen molar-refractivity contribution in [2.24, 2.45) is 16.6 Å². The molecule has 0 unspecified atom stereocenters. The number of halogens is 1. The Kier molecular flexibility index (Phi) is 10.8. The van der Waals surface area contributed by atoms with E-state index in [-0.39, 0.29) is 17.8 Å². The van der Waals surface area contributed by atoms with Gasteiger partial charge in [-0.05, 0) is 47.5 Å². The minimum atomic E-state index is -0.179. The largest absolute Gasteiger partial charge is 0.493 e. The van der Waals surface area contributed by atoms with Crippen molar-refractivity contribution in [1.29, 1.82) is 0 Å². The fraction of sp³-hybridized carbons (Fsp3) is 0.310. The first-order chi connectivity index (χ1) is 18.3. The van der Waals surface area contributed by atoms with Crippen LogP contribution in [0.3, 0.4) is 0 Å². The Hall–Kier alpha value is -3.75. The first-order valence-electron chi connectivity index (χ1n) is 12.3. The lowest BCUT2D eigenvalue weighted by Gasteiger charge is -2.28. The highest BCUT2D eigenvalue weighted by Gasteiger charge is 2.20. The molecule has 0 aromatic heterocycles. The molecular formula is C29H35ClN4O4. The minimum Gasteiger partial charge on any atom is -0.493 e. The van der Waals surface area contributed by atoms with Crippen LogP contribution in [0.25, 0.3) is 0 Å². The van der Waals surface area contributed by atoms with Gasteiger partial charge in [0.1, 0.15) is 6.61 Å². The summed E-state index contributed by atoms with van der Waals surface area (Å²) in [7, 11) is 3.11. The number of carbonyl (C=O) groups is 1. The zero-order valence-corrected chi connectivity index (χ0v) is 23.0. The molecule has 9 heteroatoms. The SMILES string of the molecule is COc1cc(CN(CCN(OC)C(N)=Nc2ccc(Cl)cc2)C(=O)C(C)C)ccc1OCc1ccccc1. The molecule has 0 aliphatic heterocycles. The van der Waals surface area contributed by atoms with E-state index < -0.39 is 0 Å². The lowest BCUT2D eigenvalue weighted by atomic mass is 10.1. The van der Waals surface area contributed by atoms with Crippen molar-refractivity contribution in [2.45, 2.75) is 27.0 Å². The molecule has 0 spiro atoms. The summed E-state index contributed by atoms with van der Waals surface area (Å²) in [6.07, 6.45) is 0. The van der Waals surface area contributed by atoms with E-state index in [2.05, 4.69) is 4.99 Å². The molecule has 0 atom stereocenters. The van der Waals surface area contributed by atoms with E-state index in [0.29, 0.717) is 48.5 Å². The van der Waals surface area contributed by atoms with E-state index in [1.807, 2.05) is 62.4 Å². The molecule has 1 amide bonds. The number of carbonyl (C=O) groups excluding carboxylic acids is 1. The predicted octanol–water partition coefficient (Wildman–Crippen LogP) is 5.42. The van der Waals surface area contributed by atoms with Crippen LogP contribution in [0.5, 0.6) is 11.5 Å². The molecular weight excluding hydrogens is 504 g/mol. The fourth-order valence-corrected chi connectivity index (χ4v) is 3.86. The number of aliphatic imine (C=N–C) groups is 1. The van der Waals surface area contributed by atoms with Gasteiger partial charge in [-0.1, -0.05) is 61.8 Å². The highest BCUT2D eigenvalue weighted by atomic mass is 35.5. The van der Waals surface area contributed by atoms with Crippen molar-refractivity contribution in [3.63, 3.8) is 0 Å². The molecule has 202 valence electrons. The minimum absolute atomic E-state index is 0.0117. The number of guanidine groups is 1. The van der Waals surface area contributed by atoms with E-state index in [1.54, 1.807) is 36.3 Å². The third-order valence-corrected chi connectivity index (χ3v) is 6.02. The maximum atomic E-state index is 13.1. The monoisotopic (exact) mass is 538 g/mol. The lowest BCUT2D eigenvalue weighted by molar-refractivity contribution is -0.137. The summed E-state index contributed by atoms with van der Waals surface area (Å²) in [6.45, 7) is 5.27. The number of amides is 1. The van der Waals surface area contributed by atoms with Gasteiger partial charge in [0.2, 0.25) is 11.9 Å². The molecule has 0 saturated carbocycles. The summed E-state index contributed by atoms with van der Waals surface area (Å²) in [4.78, 5) is 24.7. The molecule has 3 aromatic rings. The standard InChI is InChI=1S/C29H35ClN4O4/c1-21(2)28(35)33(16-17-34(37-4)29(31)32-25-13-11-24(30)12-14-25)19-23-10-15-26(27(18-23)36-3)38-20-22-8-6-5-7-9-22/h5-15,18,21H,16-17,19-20H2,1-4H3,(H2,31,32). The molecule has 3 aromatic carbocycles. The van der Waals surface area contributed by atoms with Gasteiger partial charge in [-0.3, -0.25) is 9.63 Å². The zero-order valence-electron chi connectivity index (χ0n) is 22.3. The molecule has 38 heavy (non-hydrogen) atoms. The van der Waals surface area contributed by atoms with E-state index in [9.17, 15) is 4.79 Å². The number of hydrogen-bond donors (Lipinski definition) is 1. The van der Waals surface area contributed by atoms with Crippen LogP contribution in [-0.2, 0) is 22.8 Å². The van der Waals surface area contributed by atoms with Gasteiger partial charge in [-0.25, -0.2) is 10.1 Å². The Morgan fingerprint density at radius 1 is 0.947 bits per heavy atom. The van der Waals surface area contributed by atoms with Gasteiger partial charge in [0.15, 0.2) is 11.5 Å². The molecule has 0 fully saturated rings. The number of rotatable bonds is 12. The Bertz CT molecular complexity index is 1200. The number of nitrogens with two attached hydrogens (primary N) is 1. The molecule has 3 rings (SSSR count). The number of methoxy groups -OCH3 is 1. The smallest absolute Gasteiger partial charge is 0.225 e. The van der Waals surface area contributed by atoms with Crippen LogP contribution in [0.4, 0.5) is 5.69 Å². The Morgan fingerprint density at radius 2 is 1.66 bits per heavy atom. The fourth-order valence-electron chi connectivity index (χ4n) is 3.73. The van der Waals surface area contributed by atoms with Crippen LogP contribution in [-0.4, -0.2) is 49.1 Å². The molecule has 0 aliphatic rings. The average molecular weight is 539 g/mol. The van der Waals surface area contributed by atoms with E-state index >= 15 is 0 Å². The first kappa shape index (κ1) is 28.8. The maximum Gasteiger partial charge on any atom is 0.225 e. The van der Waals surface area contributed by atoms with Crippen molar-refractivity contribution in [3.8, 4) is 11.5 Å². The summed E-state index contributed by atoms with van der Waals surface area (Å²) >= 11 is 5.95. The van der Waals surface area contributed by atoms with Gasteiger partial charge in [-0.2, -0.15) is 0 Å². The number of nitrogens with zero attached hydrogens (tertiary/aromatic N) is 3. The van der Waals surface area contributed by atoms with Crippen LogP contribution in [0.1, 0.15) is 25.0 Å². The number of hydroxylamine groups is 2. The van der Waals surface area contributed by atoms with Gasteiger partial charge < -0.3 is 20.1 Å². The molecule has 0 radical (unpaired) electrons. The summed E-state index contributed by atoms with van der Waals surface area (Å²) in [5, 5.41) is 2.07. The van der Waals surface area contributed by atoms with Gasteiger partial charge in [-0.15, -0.1) is 0 Å². The normalized spacial score (nSPS) is 11.4. The number of benzene rings is 3. The van der Waals surface area contributed by atoms with Crippen LogP contribution in [0, 0.1) is 5.92 Å². The van der Waals surface area contributed by atoms with Crippen molar-refractivity contribution in [3.05, 3.63) is 88.9 Å². The molecule has 0 aliphatic carbocycles. The second-order valence-electron chi connectivity index (χ2n) is 8.91. The van der Waals surface area contributed by atoms with Crippen LogP contribution in [0.15, 0.2) is 77.8 Å². The second-order valence-corrected chi connectivity index (χ2v) is 9.34. The zero-order chi connectivity index (χ0) is 27.5. The number of hydrogen-bond acceptors (Lipinski definition) is 5. The van der Waals surface area contributed by atoms with Crippen molar-refractivity contribution >= 4 is 29.2 Å². The number of ether oxygens (including phenoxy) is 2. The van der Waals surface area contributed by atoms with Crippen LogP contribution in [0.2, 0.25) is 5.02 Å². The van der Waals surface area contributed by atoms with Crippen LogP contribution < -0.4 is 15.2 Å². The van der Waals surface area contributed by atoms with Gasteiger partial charge in [0.25, 0.3) is 0 Å². The molecule has 0 bridgehead atoms. The topological polar surface area (TPSA) is 89.6 Å². The van der Waals surface area contributed by atoms with E-state index in [4.69, 9.17) is 31.6 Å². The van der Waals surface area contributed by atoms with Gasteiger partial charge in [0.05, 0.1) is 26.5 Å². The molecule has 2 N–H and O–H groups in total. The van der Waals surface area contributed by atoms with Crippen LogP contribution >= 0.6 is 11.6 Å². The third kappa shape index (κ3) is 8.39. The lowest BCUT2D eigenvalue weighted by Crippen LogP contribution is -2.44. The van der Waals surface area contributed by atoms with Gasteiger partial charge in [0, 0.05) is 24.0 Å². The predicted molar refractivity (Wildman–Crippen MR) is 150 cm³/mol. The summed E-state index contributed by atoms with van der Waals surface area (Å²) in [5.41, 5.74) is 8.80. The second kappa shape index (κ2) is 14.3. The molecule has 0 heterocycles. The third-order valence-electron chi connectivity index (χ3n) is 5.76. The summed E-state index contributed by atoms with van der Waals surface area (Å²) in [5.74, 6) is 1.25. The maximum absolute atomic E-state index is 13.1. The first-order valence-corrected chi connectivity index (χ1v) is 12.7. The van der Waals surface area contributed by atoms with Crippen molar-refractivity contribution in [1.82, 2.24) is 9.96 Å². The van der Waals surface area contributed by atoms with E-state index in [1.165, 1.54) is 12.2 Å². The Balaban J connectivity index is 1.70. The average Bonchev–Trinajstić information content (AvgIpc) is 2.93. The Morgan fingerprint density at radius 3 is 2.29 bits per heavy atom. The van der Waals surface area contributed by atoms with Gasteiger partial charge >= 0.3 is 0 Å². The summed E-state index contributed by atoms with van der Waals surface area (Å²) < 4.78 is 11.5. The summed E-state index contributed by atoms with van der Waals surface area (Å²) in [6, 6.07) is 22.6. The van der Waals surface area contributed by atoms with Crippen molar-refractivity contribution < 1.29 is 19.1 Å². The Labute approximate surface area is 229 Å². The quantitative estimate of drug-likeness (QED) is 0.188.